The molecule has 0 aliphatic carbocycles. The Kier molecular flexibility index (Phi) is 5.52. The molecule has 8 nitrogen and oxygen atoms in total. The lowest BCUT2D eigenvalue weighted by atomic mass is 9.82. The number of halogens is 1. The van der Waals surface area contributed by atoms with E-state index in [0.29, 0.717) is 28.1 Å². The molecule has 188 valence electrons. The summed E-state index contributed by atoms with van der Waals surface area (Å²) >= 11 is 0. The zero-order valence-electron chi connectivity index (χ0n) is 19.8. The summed E-state index contributed by atoms with van der Waals surface area (Å²) in [5, 5.41) is 15.0. The van der Waals surface area contributed by atoms with Gasteiger partial charge in [-0.1, -0.05) is 0 Å². The summed E-state index contributed by atoms with van der Waals surface area (Å²) in [7, 11) is 0. The summed E-state index contributed by atoms with van der Waals surface area (Å²) in [4.78, 5) is 32.9. The average Bonchev–Trinajstić information content (AvgIpc) is 3.47. The van der Waals surface area contributed by atoms with Crippen LogP contribution >= 0.6 is 0 Å². The molecule has 0 radical (unpaired) electrons. The highest BCUT2D eigenvalue weighted by Crippen LogP contribution is 2.45. The number of carbonyl (C=O) groups is 2. The number of primary amides is 1. The highest BCUT2D eigenvalue weighted by Gasteiger charge is 2.45. The fourth-order valence-electron chi connectivity index (χ4n) is 4.31. The van der Waals surface area contributed by atoms with Crippen LogP contribution < -0.4 is 15.8 Å². The van der Waals surface area contributed by atoms with Crippen molar-refractivity contribution in [3.63, 3.8) is 0 Å². The Morgan fingerprint density at radius 3 is 2.72 bits per heavy atom. The number of carbonyl (C=O) groups excluding carboxylic acids is 2. The van der Waals surface area contributed by atoms with Crippen LogP contribution in [0.25, 0.3) is 22.2 Å². The summed E-state index contributed by atoms with van der Waals surface area (Å²) < 4.78 is 19.4. The third-order valence-corrected chi connectivity index (χ3v) is 6.69. The predicted molar refractivity (Wildman–Crippen MR) is 136 cm³/mol. The van der Waals surface area contributed by atoms with Gasteiger partial charge in [-0.25, -0.2) is 9.37 Å². The number of aromatic amines is 1. The Labute approximate surface area is 209 Å². The maximum absolute atomic E-state index is 13.6. The van der Waals surface area contributed by atoms with Crippen LogP contribution in [0.3, 0.4) is 0 Å². The molecule has 0 fully saturated rings. The molecule has 2 aromatic heterocycles. The van der Waals surface area contributed by atoms with Gasteiger partial charge >= 0.3 is 0 Å². The zero-order chi connectivity index (χ0) is 25.7. The number of benzene rings is 2. The summed E-state index contributed by atoms with van der Waals surface area (Å²) in [5.74, 6) is -1.01. The number of H-pyrrole nitrogens is 1. The topological polar surface area (TPSA) is 130 Å². The number of rotatable bonds is 6. The molecule has 0 saturated heterocycles. The fraction of sp³-hybridized carbons (Fsp3) is 0.222. The molecule has 5 rings (SSSR count). The number of nitrogens with two attached hydrogens (primary N) is 1. The molecule has 5 N–H and O–H groups in total. The van der Waals surface area contributed by atoms with Gasteiger partial charge in [0.25, 0.3) is 5.91 Å². The maximum Gasteiger partial charge on any atom is 0.251 e. The highest BCUT2D eigenvalue weighted by atomic mass is 19.1. The number of ether oxygens (including phenoxy) is 1. The minimum absolute atomic E-state index is 0. The summed E-state index contributed by atoms with van der Waals surface area (Å²) in [6.45, 7) is 3.04. The van der Waals surface area contributed by atoms with Crippen molar-refractivity contribution in [1.82, 2.24) is 15.3 Å². The molecule has 1 aliphatic heterocycles. The highest BCUT2D eigenvalue weighted by molar-refractivity contribution is 5.98. The van der Waals surface area contributed by atoms with Crippen LogP contribution in [-0.2, 0) is 15.8 Å². The number of hydrogen-bond donors (Lipinski definition) is 4. The minimum Gasteiger partial charge on any atom is -0.489 e. The molecule has 0 saturated carbocycles. The number of fused-ring (bicyclic) bond motifs is 2. The average molecular weight is 493 g/mol. The third kappa shape index (κ3) is 3.97. The molecule has 2 atom stereocenters. The second-order valence-electron chi connectivity index (χ2n) is 9.46. The normalized spacial score (nSPS) is 18.3. The van der Waals surface area contributed by atoms with E-state index in [0.717, 1.165) is 10.9 Å². The fourth-order valence-corrected chi connectivity index (χ4v) is 4.31. The molecular formula is C27H29FN4O4. The van der Waals surface area contributed by atoms with E-state index < -0.39 is 22.7 Å². The van der Waals surface area contributed by atoms with Gasteiger partial charge in [-0.05, 0) is 68.4 Å². The molecule has 3 heterocycles. The third-order valence-electron chi connectivity index (χ3n) is 6.69. The lowest BCUT2D eigenvalue weighted by Crippen LogP contribution is -2.41. The second kappa shape index (κ2) is 8.46. The van der Waals surface area contributed by atoms with E-state index in [1.807, 2.05) is 12.1 Å². The first-order valence-electron chi connectivity index (χ1n) is 11.4. The Hall–Kier alpha value is -4.24. The summed E-state index contributed by atoms with van der Waals surface area (Å²) in [6.07, 6.45) is 1.79. The maximum atomic E-state index is 13.6. The first-order chi connectivity index (χ1) is 17.1. The van der Waals surface area contributed by atoms with Gasteiger partial charge in [0.05, 0.1) is 12.2 Å². The quantitative estimate of drug-likeness (QED) is 0.327. The van der Waals surface area contributed by atoms with Gasteiger partial charge in [0.2, 0.25) is 5.91 Å². The first-order valence-corrected chi connectivity index (χ1v) is 11.4. The monoisotopic (exact) mass is 492 g/mol. The van der Waals surface area contributed by atoms with E-state index in [9.17, 15) is 19.1 Å². The van der Waals surface area contributed by atoms with Crippen LogP contribution in [-0.4, -0.2) is 40.0 Å². The molecule has 2 amide bonds. The van der Waals surface area contributed by atoms with Crippen LogP contribution in [0.15, 0.2) is 60.8 Å². The molecule has 4 aromatic rings. The van der Waals surface area contributed by atoms with Gasteiger partial charge in [-0.15, -0.1) is 0 Å². The van der Waals surface area contributed by atoms with Gasteiger partial charge < -0.3 is 25.9 Å². The van der Waals surface area contributed by atoms with E-state index in [1.54, 1.807) is 43.5 Å². The molecule has 0 spiro atoms. The Morgan fingerprint density at radius 1 is 1.25 bits per heavy atom. The van der Waals surface area contributed by atoms with E-state index in [-0.39, 0.29) is 27.6 Å². The molecular weight excluding hydrogens is 463 g/mol. The summed E-state index contributed by atoms with van der Waals surface area (Å²) in [5.41, 5.74) is 5.87. The molecule has 0 bridgehead atoms. The lowest BCUT2D eigenvalue weighted by Gasteiger charge is -2.26. The van der Waals surface area contributed by atoms with Crippen molar-refractivity contribution < 1.29 is 26.7 Å². The van der Waals surface area contributed by atoms with Gasteiger partial charge in [0.1, 0.15) is 34.9 Å². The lowest BCUT2D eigenvalue weighted by molar-refractivity contribution is -0.123. The number of pyridine rings is 1. The van der Waals surface area contributed by atoms with Crippen molar-refractivity contribution in [1.29, 1.82) is 0 Å². The Balaban J connectivity index is 0.00000200. The number of amides is 2. The molecule has 9 heteroatoms. The number of aliphatic hydroxyl groups is 1. The van der Waals surface area contributed by atoms with Crippen LogP contribution in [0.2, 0.25) is 0 Å². The van der Waals surface area contributed by atoms with E-state index >= 15 is 0 Å². The Morgan fingerprint density at radius 2 is 2.00 bits per heavy atom. The number of aromatic nitrogens is 2. The first kappa shape index (κ1) is 23.5. The standard InChI is InChI=1S/C27H25FN4O4.2H2/c1-26(25(29)34)14-36-23-19(26)12-21(32-22(23)15-3-6-18(28)7-4-15)27(2,35)13-31-24(33)17-5-8-20-16(11-17)9-10-30-20;;/h3-12,30,35H,13-14H2,1-2H3,(H2,29,34)(H,31,33);2*1H/t26-,27-;;/m0../s1. The second-order valence-corrected chi connectivity index (χ2v) is 9.46. The predicted octanol–water partition coefficient (Wildman–Crippen LogP) is 3.63. The Bertz CT molecular complexity index is 1510. The van der Waals surface area contributed by atoms with Crippen molar-refractivity contribution in [3.05, 3.63) is 83.4 Å². The zero-order valence-corrected chi connectivity index (χ0v) is 19.8. The smallest absolute Gasteiger partial charge is 0.251 e. The van der Waals surface area contributed by atoms with Crippen LogP contribution in [0.5, 0.6) is 5.75 Å². The van der Waals surface area contributed by atoms with Crippen molar-refractivity contribution >= 4 is 22.7 Å². The minimum atomic E-state index is -1.61. The molecule has 2 aromatic carbocycles. The van der Waals surface area contributed by atoms with Gasteiger partial charge in [0, 0.05) is 36.6 Å². The van der Waals surface area contributed by atoms with E-state index in [1.165, 1.54) is 19.1 Å². The van der Waals surface area contributed by atoms with Gasteiger partial charge in [0.15, 0.2) is 0 Å². The van der Waals surface area contributed by atoms with E-state index in [2.05, 4.69) is 15.3 Å². The number of nitrogens with one attached hydrogen (secondary N) is 2. The SMILES string of the molecule is C[C@](O)(CNC(=O)c1ccc2[nH]ccc2c1)c1cc2c(c(-c3ccc(F)cc3)n1)OC[C@]2(C)C(N)=O.[HH].[HH]. The van der Waals surface area contributed by atoms with Gasteiger partial charge in [-0.2, -0.15) is 0 Å². The van der Waals surface area contributed by atoms with Crippen molar-refractivity contribution in [2.45, 2.75) is 24.9 Å². The molecule has 0 unspecified atom stereocenters. The van der Waals surface area contributed by atoms with Crippen LogP contribution in [0, 0.1) is 5.82 Å². The summed E-state index contributed by atoms with van der Waals surface area (Å²) in [6, 6.07) is 14.4. The van der Waals surface area contributed by atoms with Crippen molar-refractivity contribution in [2.75, 3.05) is 13.2 Å². The molecule has 1 aliphatic rings. The van der Waals surface area contributed by atoms with Gasteiger partial charge in [-0.3, -0.25) is 9.59 Å². The van der Waals surface area contributed by atoms with Crippen molar-refractivity contribution in [2.24, 2.45) is 5.73 Å². The van der Waals surface area contributed by atoms with Crippen molar-refractivity contribution in [3.8, 4) is 17.0 Å². The van der Waals surface area contributed by atoms with Crippen LogP contribution in [0.4, 0.5) is 4.39 Å². The largest absolute Gasteiger partial charge is 0.489 e. The number of nitrogens with zero attached hydrogens (tertiary/aromatic N) is 1. The number of hydrogen-bond acceptors (Lipinski definition) is 5. The van der Waals surface area contributed by atoms with Crippen LogP contribution in [0.1, 0.15) is 38.3 Å². The van der Waals surface area contributed by atoms with E-state index in [4.69, 9.17) is 10.5 Å². The molecule has 36 heavy (non-hydrogen) atoms.